The van der Waals surface area contributed by atoms with E-state index in [0.717, 1.165) is 0 Å². The van der Waals surface area contributed by atoms with Gasteiger partial charge in [0.15, 0.2) is 0 Å². The van der Waals surface area contributed by atoms with Gasteiger partial charge < -0.3 is 0 Å². The Morgan fingerprint density at radius 3 is 1.43 bits per heavy atom. The molecule has 0 bridgehead atoms. The van der Waals surface area contributed by atoms with Gasteiger partial charge in [0.2, 0.25) is 0 Å². The van der Waals surface area contributed by atoms with E-state index in [0.29, 0.717) is 0 Å². The maximum atomic E-state index is 5.64. The van der Waals surface area contributed by atoms with Crippen molar-refractivity contribution in [3.05, 3.63) is 21.3 Å². The summed E-state index contributed by atoms with van der Waals surface area (Å²) in [6.45, 7) is 6.92. The number of rotatable bonds is 2. The van der Waals surface area contributed by atoms with Crippen LogP contribution in [-0.4, -0.2) is 16.1 Å². The van der Waals surface area contributed by atoms with Crippen LogP contribution >= 0.6 is 17.8 Å². The second-order valence-corrected chi connectivity index (χ2v) is 17.0. The molecule has 3 heteroatoms. The Morgan fingerprint density at radius 1 is 1.14 bits per heavy atom. The Bertz CT molecular complexity index is 77.7. The summed E-state index contributed by atoms with van der Waals surface area (Å²) in [6, 6.07) is 0. The molecule has 0 aromatic rings. The van der Waals surface area contributed by atoms with E-state index in [2.05, 4.69) is 13.2 Å². The third-order valence-electron chi connectivity index (χ3n) is 0.544. The topological polar surface area (TPSA) is 0 Å². The van der Waals surface area contributed by atoms with E-state index < -0.39 is 16.1 Å². The molecule has 0 aromatic carbocycles. The summed E-state index contributed by atoms with van der Waals surface area (Å²) in [6.07, 6.45) is 0. The first kappa shape index (κ1) is 7.86. The first-order chi connectivity index (χ1) is 3.12. The summed E-state index contributed by atoms with van der Waals surface area (Å²) in [4.78, 5) is 0. The molecule has 0 rings (SSSR count). The van der Waals surface area contributed by atoms with Crippen LogP contribution in [0, 0.1) is 0 Å². The SMILES string of the molecule is C=[CH][Sn]([Cl])([Cl])[CH]=C. The van der Waals surface area contributed by atoms with Crippen molar-refractivity contribution in [1.29, 1.82) is 0 Å². The molecule has 0 atom stereocenters. The first-order valence-corrected chi connectivity index (χ1v) is 12.3. The molecular weight excluding hydrogens is 238 g/mol. The Kier molecular flexibility index (Phi) is 3.37. The molecule has 0 heterocycles. The second kappa shape index (κ2) is 3.00. The molecule has 0 spiro atoms. The van der Waals surface area contributed by atoms with Crippen LogP contribution in [0.4, 0.5) is 0 Å². The summed E-state index contributed by atoms with van der Waals surface area (Å²) in [5.74, 6) is 0. The van der Waals surface area contributed by atoms with Crippen molar-refractivity contribution in [3.63, 3.8) is 0 Å². The Labute approximate surface area is 55.1 Å². The van der Waals surface area contributed by atoms with Crippen molar-refractivity contribution < 1.29 is 0 Å². The minimum absolute atomic E-state index is 1.62. The standard InChI is InChI=1S/2C2H3.2ClH.Sn/c2*1-2;;;/h2*1H,2H2;2*1H;/q;;;;+2/p-2. The van der Waals surface area contributed by atoms with E-state index >= 15 is 0 Å². The van der Waals surface area contributed by atoms with Crippen molar-refractivity contribution in [1.82, 2.24) is 0 Å². The Morgan fingerprint density at radius 2 is 1.43 bits per heavy atom. The van der Waals surface area contributed by atoms with E-state index in [-0.39, 0.29) is 0 Å². The minimum atomic E-state index is -2.81. The van der Waals surface area contributed by atoms with E-state index in [4.69, 9.17) is 17.8 Å². The summed E-state index contributed by atoms with van der Waals surface area (Å²) < 4.78 is 3.23. The van der Waals surface area contributed by atoms with Gasteiger partial charge >= 0.3 is 55.3 Å². The van der Waals surface area contributed by atoms with Gasteiger partial charge in [-0.15, -0.1) is 0 Å². The zero-order chi connectivity index (χ0) is 5.91. The van der Waals surface area contributed by atoms with Gasteiger partial charge in [0.1, 0.15) is 0 Å². The van der Waals surface area contributed by atoms with Gasteiger partial charge in [0, 0.05) is 0 Å². The average molecular weight is 244 g/mol. The fraction of sp³-hybridized carbons (Fsp3) is 0. The molecule has 0 fully saturated rings. The molecule has 0 amide bonds. The normalized spacial score (nSPS) is 10.6. The second-order valence-electron chi connectivity index (χ2n) is 1.08. The predicted molar refractivity (Wildman–Crippen MR) is 37.9 cm³/mol. The molecule has 0 saturated carbocycles. The van der Waals surface area contributed by atoms with Crippen LogP contribution in [0.2, 0.25) is 0 Å². The van der Waals surface area contributed by atoms with Crippen molar-refractivity contribution in [2.24, 2.45) is 0 Å². The third-order valence-corrected chi connectivity index (χ3v) is 7.79. The van der Waals surface area contributed by atoms with E-state index in [1.807, 2.05) is 0 Å². The molecule has 7 heavy (non-hydrogen) atoms. The zero-order valence-corrected chi connectivity index (χ0v) is 8.19. The monoisotopic (exact) mass is 244 g/mol. The number of hydrogen-bond acceptors (Lipinski definition) is 0. The predicted octanol–water partition coefficient (Wildman–Crippen LogP) is 2.36. The molecule has 0 nitrogen and oxygen atoms in total. The van der Waals surface area contributed by atoms with Gasteiger partial charge in [-0.2, -0.15) is 0 Å². The van der Waals surface area contributed by atoms with Crippen LogP contribution in [0.15, 0.2) is 21.3 Å². The Balaban J connectivity index is 3.82. The summed E-state index contributed by atoms with van der Waals surface area (Å²) in [5.41, 5.74) is 0. The van der Waals surface area contributed by atoms with E-state index in [1.54, 1.807) is 8.18 Å². The molecule has 0 aromatic heterocycles. The quantitative estimate of drug-likeness (QED) is 0.654. The molecule has 0 saturated heterocycles. The van der Waals surface area contributed by atoms with Crippen LogP contribution in [0.1, 0.15) is 0 Å². The van der Waals surface area contributed by atoms with Gasteiger partial charge in [0.05, 0.1) is 0 Å². The van der Waals surface area contributed by atoms with Gasteiger partial charge in [-0.3, -0.25) is 0 Å². The molecule has 0 aliphatic heterocycles. The van der Waals surface area contributed by atoms with E-state index in [1.165, 1.54) is 0 Å². The average Bonchev–Trinajstić information content (AvgIpc) is 1.68. The van der Waals surface area contributed by atoms with Crippen molar-refractivity contribution in [3.8, 4) is 0 Å². The van der Waals surface area contributed by atoms with Gasteiger partial charge in [-0.05, 0) is 0 Å². The van der Waals surface area contributed by atoms with Crippen LogP contribution < -0.4 is 0 Å². The molecule has 40 valence electrons. The fourth-order valence-corrected chi connectivity index (χ4v) is 0.559. The van der Waals surface area contributed by atoms with Gasteiger partial charge in [-0.25, -0.2) is 0 Å². The van der Waals surface area contributed by atoms with Crippen LogP contribution in [-0.2, 0) is 0 Å². The van der Waals surface area contributed by atoms with Crippen molar-refractivity contribution in [2.45, 2.75) is 0 Å². The van der Waals surface area contributed by atoms with Crippen molar-refractivity contribution >= 4 is 34.0 Å². The Hall–Kier alpha value is 0.859. The molecule has 0 unspecified atom stereocenters. The summed E-state index contributed by atoms with van der Waals surface area (Å²) in [7, 11) is 11.3. The summed E-state index contributed by atoms with van der Waals surface area (Å²) in [5, 5.41) is 0. The van der Waals surface area contributed by atoms with Crippen LogP contribution in [0.3, 0.4) is 0 Å². The molecule has 0 aliphatic carbocycles. The van der Waals surface area contributed by atoms with Crippen LogP contribution in [0.5, 0.6) is 0 Å². The third kappa shape index (κ3) is 3.44. The summed E-state index contributed by atoms with van der Waals surface area (Å²) >= 11 is -2.81. The fourth-order valence-electron chi connectivity index (χ4n) is 0.0833. The first-order valence-electron chi connectivity index (χ1n) is 1.77. The van der Waals surface area contributed by atoms with Gasteiger partial charge in [0.25, 0.3) is 0 Å². The molecule has 0 N–H and O–H groups in total. The number of halogens is 2. The maximum absolute atomic E-state index is 5.64. The van der Waals surface area contributed by atoms with Crippen molar-refractivity contribution in [2.75, 3.05) is 0 Å². The van der Waals surface area contributed by atoms with Gasteiger partial charge in [-0.1, -0.05) is 0 Å². The molecular formula is C4H6Cl2Sn. The van der Waals surface area contributed by atoms with E-state index in [9.17, 15) is 0 Å². The van der Waals surface area contributed by atoms with Crippen LogP contribution in [0.25, 0.3) is 0 Å². The molecule has 0 aliphatic rings. The molecule has 0 radical (unpaired) electrons. The zero-order valence-electron chi connectivity index (χ0n) is 3.82. The number of hydrogen-bond donors (Lipinski definition) is 0.